The van der Waals surface area contributed by atoms with E-state index in [0.717, 1.165) is 30.2 Å². The Balaban J connectivity index is 1.54. The molecule has 0 spiro atoms. The normalized spacial score (nSPS) is 15.2. The van der Waals surface area contributed by atoms with Crippen molar-refractivity contribution in [3.8, 4) is 5.75 Å². The molecule has 5 heteroatoms. The summed E-state index contributed by atoms with van der Waals surface area (Å²) in [5.41, 5.74) is 2.93. The zero-order valence-electron chi connectivity index (χ0n) is 15.5. The van der Waals surface area contributed by atoms with Crippen LogP contribution in [0.4, 0.5) is 17.1 Å². The topological polar surface area (TPSA) is 53.6 Å². The lowest BCUT2D eigenvalue weighted by Gasteiger charge is -2.28. The van der Waals surface area contributed by atoms with E-state index >= 15 is 0 Å². The summed E-state index contributed by atoms with van der Waals surface area (Å²) in [5.74, 6) is 0.730. The molecule has 1 unspecified atom stereocenters. The zero-order valence-corrected chi connectivity index (χ0v) is 15.5. The van der Waals surface area contributed by atoms with Crippen LogP contribution < -0.4 is 20.3 Å². The highest BCUT2D eigenvalue weighted by Gasteiger charge is 2.14. The van der Waals surface area contributed by atoms with E-state index in [2.05, 4.69) is 27.7 Å². The molecule has 1 amide bonds. The maximum atomic E-state index is 12.4. The van der Waals surface area contributed by atoms with E-state index in [1.165, 1.54) is 24.9 Å². The van der Waals surface area contributed by atoms with Crippen molar-refractivity contribution in [2.75, 3.05) is 35.7 Å². The lowest BCUT2D eigenvalue weighted by Crippen LogP contribution is -2.32. The highest BCUT2D eigenvalue weighted by molar-refractivity contribution is 5.96. The first-order valence-electron chi connectivity index (χ1n) is 9.22. The number of anilines is 3. The van der Waals surface area contributed by atoms with Gasteiger partial charge < -0.3 is 20.3 Å². The fourth-order valence-corrected chi connectivity index (χ4v) is 3.16. The van der Waals surface area contributed by atoms with E-state index in [4.69, 9.17) is 4.74 Å². The van der Waals surface area contributed by atoms with Gasteiger partial charge in [0.15, 0.2) is 0 Å². The molecule has 26 heavy (non-hydrogen) atoms. The Bertz CT molecular complexity index is 707. The van der Waals surface area contributed by atoms with Gasteiger partial charge in [-0.3, -0.25) is 4.79 Å². The molecule has 138 valence electrons. The van der Waals surface area contributed by atoms with E-state index in [1.807, 2.05) is 43.3 Å². The molecule has 0 radical (unpaired) electrons. The van der Waals surface area contributed by atoms with Gasteiger partial charge in [0.2, 0.25) is 5.91 Å². The smallest absolute Gasteiger partial charge is 0.246 e. The SMILES string of the molecule is COc1ccc(NC(C)C(=O)Nc2ccc(N3CCCCC3)cc2)cc1. The van der Waals surface area contributed by atoms with Gasteiger partial charge in [-0.25, -0.2) is 0 Å². The second-order valence-electron chi connectivity index (χ2n) is 6.68. The first kappa shape index (κ1) is 18.1. The van der Waals surface area contributed by atoms with Crippen LogP contribution in [0.2, 0.25) is 0 Å². The summed E-state index contributed by atoms with van der Waals surface area (Å²) in [4.78, 5) is 14.8. The summed E-state index contributed by atoms with van der Waals surface area (Å²) in [7, 11) is 1.63. The van der Waals surface area contributed by atoms with Crippen LogP contribution in [0.25, 0.3) is 0 Å². The number of benzene rings is 2. The van der Waals surface area contributed by atoms with Crippen LogP contribution in [-0.4, -0.2) is 32.1 Å². The highest BCUT2D eigenvalue weighted by Crippen LogP contribution is 2.22. The van der Waals surface area contributed by atoms with Crippen molar-refractivity contribution in [1.29, 1.82) is 0 Å². The monoisotopic (exact) mass is 353 g/mol. The number of nitrogens with zero attached hydrogens (tertiary/aromatic N) is 1. The molecule has 2 N–H and O–H groups in total. The number of methoxy groups -OCH3 is 1. The van der Waals surface area contributed by atoms with Crippen molar-refractivity contribution < 1.29 is 9.53 Å². The summed E-state index contributed by atoms with van der Waals surface area (Å²) < 4.78 is 5.14. The van der Waals surface area contributed by atoms with Gasteiger partial charge in [0.05, 0.1) is 7.11 Å². The Hall–Kier alpha value is -2.69. The van der Waals surface area contributed by atoms with Crippen LogP contribution >= 0.6 is 0 Å². The van der Waals surface area contributed by atoms with Crippen LogP contribution in [0.3, 0.4) is 0 Å². The predicted molar refractivity (Wildman–Crippen MR) is 107 cm³/mol. The zero-order chi connectivity index (χ0) is 18.4. The summed E-state index contributed by atoms with van der Waals surface area (Å²) in [6.45, 7) is 4.09. The number of rotatable bonds is 6. The number of ether oxygens (including phenoxy) is 1. The van der Waals surface area contributed by atoms with Gasteiger partial charge in [-0.2, -0.15) is 0 Å². The first-order valence-corrected chi connectivity index (χ1v) is 9.22. The van der Waals surface area contributed by atoms with Crippen molar-refractivity contribution in [3.63, 3.8) is 0 Å². The summed E-state index contributed by atoms with van der Waals surface area (Å²) in [5, 5.41) is 6.17. The van der Waals surface area contributed by atoms with E-state index in [0.29, 0.717) is 0 Å². The Morgan fingerprint density at radius 2 is 1.58 bits per heavy atom. The Kier molecular flexibility index (Phi) is 6.00. The van der Waals surface area contributed by atoms with Crippen LogP contribution in [0.5, 0.6) is 5.75 Å². The largest absolute Gasteiger partial charge is 0.497 e. The molecule has 0 aliphatic carbocycles. The summed E-state index contributed by atoms with van der Waals surface area (Å²) in [6.07, 6.45) is 3.84. The number of carbonyl (C=O) groups is 1. The molecular weight excluding hydrogens is 326 g/mol. The van der Waals surface area contributed by atoms with E-state index in [9.17, 15) is 4.79 Å². The minimum absolute atomic E-state index is 0.0634. The third-order valence-electron chi connectivity index (χ3n) is 4.72. The second-order valence-corrected chi connectivity index (χ2v) is 6.68. The van der Waals surface area contributed by atoms with Crippen LogP contribution in [0, 0.1) is 0 Å². The predicted octanol–water partition coefficient (Wildman–Crippen LogP) is 4.12. The highest BCUT2D eigenvalue weighted by atomic mass is 16.5. The summed E-state index contributed by atoms with van der Waals surface area (Å²) in [6, 6.07) is 15.3. The van der Waals surface area contributed by atoms with Crippen LogP contribution in [0.15, 0.2) is 48.5 Å². The first-order chi connectivity index (χ1) is 12.7. The molecule has 2 aromatic rings. The quantitative estimate of drug-likeness (QED) is 0.820. The molecule has 1 heterocycles. The number of piperidine rings is 1. The second kappa shape index (κ2) is 8.61. The number of amides is 1. The van der Waals surface area contributed by atoms with Gasteiger partial charge in [-0.05, 0) is 74.7 Å². The van der Waals surface area contributed by atoms with Gasteiger partial charge in [-0.1, -0.05) is 0 Å². The van der Waals surface area contributed by atoms with Gasteiger partial charge in [-0.15, -0.1) is 0 Å². The Morgan fingerprint density at radius 1 is 0.962 bits per heavy atom. The average Bonchev–Trinajstić information content (AvgIpc) is 2.70. The molecule has 1 aliphatic heterocycles. The molecule has 5 nitrogen and oxygen atoms in total. The molecule has 1 aliphatic rings. The molecular formula is C21H27N3O2. The standard InChI is InChI=1S/C21H27N3O2/c1-16(22-17-8-12-20(26-2)13-9-17)21(25)23-18-6-10-19(11-7-18)24-14-4-3-5-15-24/h6-13,16,22H,3-5,14-15H2,1-2H3,(H,23,25). The average molecular weight is 353 g/mol. The lowest BCUT2D eigenvalue weighted by molar-refractivity contribution is -0.116. The minimum atomic E-state index is -0.342. The molecule has 0 saturated carbocycles. The van der Waals surface area contributed by atoms with Gasteiger partial charge in [0, 0.05) is 30.2 Å². The third-order valence-corrected chi connectivity index (χ3v) is 4.72. The number of nitrogens with one attached hydrogen (secondary N) is 2. The molecule has 1 fully saturated rings. The summed E-state index contributed by atoms with van der Waals surface area (Å²) >= 11 is 0. The molecule has 0 bridgehead atoms. The fourth-order valence-electron chi connectivity index (χ4n) is 3.16. The van der Waals surface area contributed by atoms with E-state index < -0.39 is 0 Å². The minimum Gasteiger partial charge on any atom is -0.497 e. The van der Waals surface area contributed by atoms with E-state index in [-0.39, 0.29) is 11.9 Å². The van der Waals surface area contributed by atoms with Crippen molar-refractivity contribution in [1.82, 2.24) is 0 Å². The molecule has 1 atom stereocenters. The van der Waals surface area contributed by atoms with Gasteiger partial charge in [0.25, 0.3) is 0 Å². The van der Waals surface area contributed by atoms with Crippen molar-refractivity contribution in [3.05, 3.63) is 48.5 Å². The lowest BCUT2D eigenvalue weighted by atomic mass is 10.1. The Labute approximate surface area is 155 Å². The fraction of sp³-hybridized carbons (Fsp3) is 0.381. The Morgan fingerprint density at radius 3 is 2.19 bits per heavy atom. The molecule has 2 aromatic carbocycles. The molecule has 3 rings (SSSR count). The number of carbonyl (C=O) groups excluding carboxylic acids is 1. The maximum Gasteiger partial charge on any atom is 0.246 e. The van der Waals surface area contributed by atoms with E-state index in [1.54, 1.807) is 7.11 Å². The van der Waals surface area contributed by atoms with Crippen LogP contribution in [0.1, 0.15) is 26.2 Å². The van der Waals surface area contributed by atoms with Gasteiger partial charge >= 0.3 is 0 Å². The number of hydrogen-bond acceptors (Lipinski definition) is 4. The van der Waals surface area contributed by atoms with Gasteiger partial charge in [0.1, 0.15) is 11.8 Å². The maximum absolute atomic E-state index is 12.4. The van der Waals surface area contributed by atoms with Crippen molar-refractivity contribution in [2.45, 2.75) is 32.2 Å². The van der Waals surface area contributed by atoms with Crippen molar-refractivity contribution in [2.24, 2.45) is 0 Å². The number of hydrogen-bond donors (Lipinski definition) is 2. The molecule has 0 aromatic heterocycles. The molecule has 1 saturated heterocycles. The third kappa shape index (κ3) is 4.69. The van der Waals surface area contributed by atoms with Crippen molar-refractivity contribution >= 4 is 23.0 Å². The van der Waals surface area contributed by atoms with Crippen LogP contribution in [-0.2, 0) is 4.79 Å².